The second-order valence-electron chi connectivity index (χ2n) is 12.3. The molecule has 0 unspecified atom stereocenters. The maximum Gasteiger partial charge on any atom is 0.416 e. The predicted octanol–water partition coefficient (Wildman–Crippen LogP) is 7.29. The highest BCUT2D eigenvalue weighted by Gasteiger charge is 2.62. The van der Waals surface area contributed by atoms with E-state index < -0.39 is 55.4 Å². The molecule has 234 valence electrons. The molecule has 44 heavy (non-hydrogen) atoms. The van der Waals surface area contributed by atoms with Crippen LogP contribution in [-0.2, 0) is 21.0 Å². The Bertz CT molecular complexity index is 1730. The number of carboxylic acids is 1. The molecule has 0 spiro atoms. The number of halogens is 4. The van der Waals surface area contributed by atoms with Gasteiger partial charge in [0.2, 0.25) is 0 Å². The van der Waals surface area contributed by atoms with Crippen molar-refractivity contribution in [2.75, 3.05) is 10.8 Å². The summed E-state index contributed by atoms with van der Waals surface area (Å²) in [6, 6.07) is 12.4. The molecule has 3 aromatic rings. The van der Waals surface area contributed by atoms with Crippen molar-refractivity contribution >= 4 is 21.7 Å². The van der Waals surface area contributed by atoms with Crippen LogP contribution in [0.25, 0.3) is 11.1 Å². The zero-order valence-electron chi connectivity index (χ0n) is 24.0. The van der Waals surface area contributed by atoms with E-state index in [1.165, 1.54) is 18.2 Å². The number of carbonyl (C=O) groups is 1. The molecular weight excluding hydrogens is 602 g/mol. The van der Waals surface area contributed by atoms with E-state index in [9.17, 15) is 35.9 Å². The normalized spacial score (nSPS) is 24.7. The van der Waals surface area contributed by atoms with Crippen LogP contribution in [-0.4, -0.2) is 38.2 Å². The Labute approximate surface area is 252 Å². The number of ether oxygens (including phenoxy) is 2. The number of benzene rings is 3. The number of anilines is 1. The molecule has 2 aliphatic carbocycles. The molecule has 1 aliphatic heterocycles. The van der Waals surface area contributed by atoms with Crippen molar-refractivity contribution in [3.63, 3.8) is 0 Å². The van der Waals surface area contributed by atoms with Crippen LogP contribution in [0.2, 0.25) is 0 Å². The lowest BCUT2D eigenvalue weighted by Crippen LogP contribution is -2.50. The molecule has 3 aromatic carbocycles. The number of alkyl halides is 3. The third-order valence-corrected chi connectivity index (χ3v) is 11.0. The van der Waals surface area contributed by atoms with Gasteiger partial charge < -0.3 is 14.6 Å². The van der Waals surface area contributed by atoms with E-state index in [-0.39, 0.29) is 29.8 Å². The van der Waals surface area contributed by atoms with Crippen molar-refractivity contribution in [2.45, 2.75) is 69.2 Å². The largest absolute Gasteiger partial charge is 0.491 e. The number of sulfonamides is 1. The molecule has 2 bridgehead atoms. The number of hydrogen-bond acceptors (Lipinski definition) is 5. The topological polar surface area (TPSA) is 93.1 Å². The molecule has 0 amide bonds. The monoisotopic (exact) mass is 633 g/mol. The van der Waals surface area contributed by atoms with Crippen molar-refractivity contribution in [3.8, 4) is 22.6 Å². The van der Waals surface area contributed by atoms with E-state index in [1.807, 2.05) is 0 Å². The highest BCUT2D eigenvalue weighted by Crippen LogP contribution is 2.64. The average molecular weight is 634 g/mol. The van der Waals surface area contributed by atoms with E-state index in [2.05, 4.69) is 0 Å². The first-order valence-corrected chi connectivity index (χ1v) is 15.8. The van der Waals surface area contributed by atoms with E-state index in [0.29, 0.717) is 49.3 Å². The van der Waals surface area contributed by atoms with E-state index in [0.717, 1.165) is 22.5 Å². The van der Waals surface area contributed by atoms with Crippen molar-refractivity contribution in [1.29, 1.82) is 0 Å². The predicted molar refractivity (Wildman–Crippen MR) is 154 cm³/mol. The summed E-state index contributed by atoms with van der Waals surface area (Å²) in [5.74, 6) is -0.989. The van der Waals surface area contributed by atoms with Crippen LogP contribution in [0.1, 0.15) is 51.5 Å². The van der Waals surface area contributed by atoms with Gasteiger partial charge in [0.05, 0.1) is 34.2 Å². The van der Waals surface area contributed by atoms with E-state index in [4.69, 9.17) is 9.47 Å². The Kier molecular flexibility index (Phi) is 7.14. The summed E-state index contributed by atoms with van der Waals surface area (Å²) in [7, 11) is -4.57. The highest BCUT2D eigenvalue weighted by molar-refractivity contribution is 7.92. The second-order valence-corrected chi connectivity index (χ2v) is 14.2. The van der Waals surface area contributed by atoms with E-state index >= 15 is 0 Å². The number of hydrogen-bond donors (Lipinski definition) is 1. The first-order valence-electron chi connectivity index (χ1n) is 14.3. The summed E-state index contributed by atoms with van der Waals surface area (Å²) in [5.41, 5.74) is -1.69. The molecule has 1 heterocycles. The first kappa shape index (κ1) is 30.2. The van der Waals surface area contributed by atoms with Crippen LogP contribution in [0.3, 0.4) is 0 Å². The van der Waals surface area contributed by atoms with Crippen molar-refractivity contribution in [2.24, 2.45) is 10.8 Å². The van der Waals surface area contributed by atoms with Gasteiger partial charge in [0, 0.05) is 11.5 Å². The number of nitrogens with zero attached hydrogens (tertiary/aromatic N) is 1. The Balaban J connectivity index is 1.46. The van der Waals surface area contributed by atoms with Gasteiger partial charge in [0.1, 0.15) is 23.4 Å². The summed E-state index contributed by atoms with van der Waals surface area (Å²) >= 11 is 0. The Morgan fingerprint density at radius 2 is 1.75 bits per heavy atom. The van der Waals surface area contributed by atoms with Crippen LogP contribution in [0.15, 0.2) is 65.6 Å². The Hall–Kier alpha value is -3.80. The van der Waals surface area contributed by atoms with E-state index in [1.54, 1.807) is 32.0 Å². The molecule has 1 atom stereocenters. The van der Waals surface area contributed by atoms with Crippen LogP contribution in [0.5, 0.6) is 11.5 Å². The maximum atomic E-state index is 14.6. The van der Waals surface area contributed by atoms with Gasteiger partial charge in [-0.3, -0.25) is 9.10 Å². The molecule has 7 nitrogen and oxygen atoms in total. The SMILES string of the molecule is CC(C)Oc1cc(F)cc(-c2ccc3c(c2)N(S(=O)(=O)c2cccc(C(F)(F)F)c2)C[C@H](C24CCC(C(=O)O)(CC2)C4)O3)c1. The van der Waals surface area contributed by atoms with Crippen LogP contribution < -0.4 is 13.8 Å². The van der Waals surface area contributed by atoms with Gasteiger partial charge in [-0.1, -0.05) is 12.1 Å². The zero-order valence-corrected chi connectivity index (χ0v) is 24.8. The third-order valence-electron chi connectivity index (χ3n) is 9.18. The zero-order chi connectivity index (χ0) is 31.7. The fourth-order valence-electron chi connectivity index (χ4n) is 6.99. The summed E-state index contributed by atoms with van der Waals surface area (Å²) in [4.78, 5) is 11.6. The summed E-state index contributed by atoms with van der Waals surface area (Å²) in [6.45, 7) is 3.36. The lowest BCUT2D eigenvalue weighted by atomic mass is 9.78. The second kappa shape index (κ2) is 10.4. The number of aliphatic carboxylic acids is 1. The Morgan fingerprint density at radius 3 is 2.39 bits per heavy atom. The summed E-state index contributed by atoms with van der Waals surface area (Å²) in [6.07, 6.45) is -3.46. The van der Waals surface area contributed by atoms with Crippen LogP contribution >= 0.6 is 0 Å². The fourth-order valence-corrected chi connectivity index (χ4v) is 8.50. The number of carboxylic acid groups (broad SMARTS) is 1. The molecule has 2 saturated carbocycles. The standard InChI is InChI=1S/C32H31F4NO6S/c1-19(2)42-24-13-21(12-23(33)16-24)20-6-7-27-26(14-20)37(44(40,41)25-5-3-4-22(15-25)32(34,35)36)17-28(43-27)30-8-10-31(18-30,11-9-30)29(38)39/h3-7,12-16,19,28H,8-11,17-18H2,1-2H3,(H,38,39)/t28-,30?,31?/m1/s1. The van der Waals surface area contributed by atoms with Gasteiger partial charge in [-0.2, -0.15) is 13.2 Å². The van der Waals surface area contributed by atoms with Gasteiger partial charge in [-0.05, 0) is 99.5 Å². The minimum absolute atomic E-state index is 0.0867. The minimum Gasteiger partial charge on any atom is -0.491 e. The van der Waals surface area contributed by atoms with Crippen molar-refractivity contribution in [3.05, 3.63) is 72.0 Å². The van der Waals surface area contributed by atoms with Gasteiger partial charge in [-0.15, -0.1) is 0 Å². The summed E-state index contributed by atoms with van der Waals surface area (Å²) in [5, 5.41) is 9.93. The minimum atomic E-state index is -4.76. The fraction of sp³-hybridized carbons (Fsp3) is 0.406. The molecule has 6 rings (SSSR count). The maximum absolute atomic E-state index is 14.6. The van der Waals surface area contributed by atoms with Crippen molar-refractivity contribution < 1.29 is 45.4 Å². The first-order chi connectivity index (χ1) is 20.6. The molecule has 3 aliphatic rings. The van der Waals surface area contributed by atoms with Crippen molar-refractivity contribution in [1.82, 2.24) is 0 Å². The molecule has 2 fully saturated rings. The molecule has 1 N–H and O–H groups in total. The summed E-state index contributed by atoms with van der Waals surface area (Å²) < 4.78 is 96.8. The average Bonchev–Trinajstić information content (AvgIpc) is 3.55. The van der Waals surface area contributed by atoms with Gasteiger partial charge >= 0.3 is 12.1 Å². The van der Waals surface area contributed by atoms with Crippen LogP contribution in [0.4, 0.5) is 23.2 Å². The number of fused-ring (bicyclic) bond motifs is 3. The molecule has 0 radical (unpaired) electrons. The van der Waals surface area contributed by atoms with Gasteiger partial charge in [0.15, 0.2) is 0 Å². The molecule has 12 heteroatoms. The highest BCUT2D eigenvalue weighted by atomic mass is 32.2. The third kappa shape index (κ3) is 5.16. The quantitative estimate of drug-likeness (QED) is 0.275. The lowest BCUT2D eigenvalue weighted by molar-refractivity contribution is -0.148. The number of rotatable bonds is 7. The molecule has 0 aromatic heterocycles. The Morgan fingerprint density at radius 1 is 1.02 bits per heavy atom. The lowest BCUT2D eigenvalue weighted by Gasteiger charge is -2.43. The molecule has 0 saturated heterocycles. The smallest absolute Gasteiger partial charge is 0.416 e. The van der Waals surface area contributed by atoms with Gasteiger partial charge in [-0.25, -0.2) is 12.8 Å². The molecular formula is C32H31F4NO6S. The van der Waals surface area contributed by atoms with Gasteiger partial charge in [0.25, 0.3) is 10.0 Å². The van der Waals surface area contributed by atoms with Crippen LogP contribution in [0, 0.1) is 16.6 Å².